The van der Waals surface area contributed by atoms with Crippen molar-refractivity contribution < 1.29 is 33.3 Å². The van der Waals surface area contributed by atoms with Crippen LogP contribution >= 0.6 is 0 Å². The van der Waals surface area contributed by atoms with E-state index < -0.39 is 11.9 Å². The summed E-state index contributed by atoms with van der Waals surface area (Å²) in [5.74, 6) is 1.42. The van der Waals surface area contributed by atoms with E-state index in [0.29, 0.717) is 72.1 Å². The van der Waals surface area contributed by atoms with Crippen LogP contribution < -0.4 is 29.8 Å². The van der Waals surface area contributed by atoms with Crippen LogP contribution in [0.25, 0.3) is 21.9 Å². The molecule has 0 radical (unpaired) electrons. The SMILES string of the molecule is COc1cc2c(-c3cc(OC)c(CN4CC(Oc5ccc6c(c5)CN(C5CCC(=O)NC5=O)C6=O)C4)c(OC)c3)cn(C)c(=O)c2cn1. The molecule has 2 aromatic carbocycles. The van der Waals surface area contributed by atoms with E-state index in [2.05, 4.69) is 15.2 Å². The zero-order valence-corrected chi connectivity index (χ0v) is 27.1. The Kier molecular flexibility index (Phi) is 7.99. The number of aryl methyl sites for hydroxylation is 1. The van der Waals surface area contributed by atoms with Crippen LogP contribution in [0.2, 0.25) is 0 Å². The van der Waals surface area contributed by atoms with Crippen LogP contribution in [0.15, 0.2) is 53.6 Å². The minimum absolute atomic E-state index is 0.0526. The third-order valence-electron chi connectivity index (χ3n) is 9.27. The van der Waals surface area contributed by atoms with Gasteiger partial charge in [0.25, 0.3) is 11.5 Å². The number of piperidine rings is 1. The Morgan fingerprint density at radius 2 is 1.67 bits per heavy atom. The van der Waals surface area contributed by atoms with Gasteiger partial charge in [0.05, 0.1) is 32.3 Å². The van der Waals surface area contributed by atoms with Crippen molar-refractivity contribution in [3.63, 3.8) is 0 Å². The van der Waals surface area contributed by atoms with Crippen molar-refractivity contribution in [1.82, 2.24) is 24.7 Å². The lowest BCUT2D eigenvalue weighted by atomic mass is 9.98. The molecule has 13 heteroatoms. The number of pyridine rings is 2. The third kappa shape index (κ3) is 5.49. The van der Waals surface area contributed by atoms with Gasteiger partial charge in [-0.1, -0.05) is 0 Å². The first-order valence-electron chi connectivity index (χ1n) is 15.6. The molecule has 1 N–H and O–H groups in total. The number of rotatable bonds is 9. The fourth-order valence-corrected chi connectivity index (χ4v) is 6.74. The van der Waals surface area contributed by atoms with E-state index in [0.717, 1.165) is 22.3 Å². The third-order valence-corrected chi connectivity index (χ3v) is 9.27. The molecule has 2 saturated heterocycles. The Balaban J connectivity index is 1.05. The van der Waals surface area contributed by atoms with Gasteiger partial charge in [0, 0.05) is 74.6 Å². The summed E-state index contributed by atoms with van der Waals surface area (Å²) in [7, 11) is 6.48. The molecule has 13 nitrogen and oxygen atoms in total. The summed E-state index contributed by atoms with van der Waals surface area (Å²) in [5, 5.41) is 3.52. The lowest BCUT2D eigenvalue weighted by Gasteiger charge is -2.39. The highest BCUT2D eigenvalue weighted by Crippen LogP contribution is 2.39. The second-order valence-electron chi connectivity index (χ2n) is 12.2. The molecular weight excluding hydrogens is 618 g/mol. The first-order chi connectivity index (χ1) is 23.2. The maximum Gasteiger partial charge on any atom is 0.259 e. The quantitative estimate of drug-likeness (QED) is 0.268. The van der Waals surface area contributed by atoms with Crippen LogP contribution in [-0.4, -0.2) is 83.6 Å². The van der Waals surface area contributed by atoms with Crippen LogP contribution in [0.3, 0.4) is 0 Å². The Morgan fingerprint density at radius 1 is 0.917 bits per heavy atom. The van der Waals surface area contributed by atoms with Crippen LogP contribution in [0.5, 0.6) is 23.1 Å². The fraction of sp³-hybridized carbons (Fsp3) is 0.343. The number of fused-ring (bicyclic) bond motifs is 2. The number of methoxy groups -OCH3 is 3. The maximum atomic E-state index is 13.0. The molecule has 2 fully saturated rings. The highest BCUT2D eigenvalue weighted by atomic mass is 16.5. The minimum Gasteiger partial charge on any atom is -0.496 e. The molecule has 5 heterocycles. The summed E-state index contributed by atoms with van der Waals surface area (Å²) in [6.07, 6.45) is 3.80. The first kappa shape index (κ1) is 31.2. The highest BCUT2D eigenvalue weighted by Gasteiger charge is 2.39. The van der Waals surface area contributed by atoms with Gasteiger partial charge in [-0.2, -0.15) is 0 Å². The van der Waals surface area contributed by atoms with E-state index >= 15 is 0 Å². The van der Waals surface area contributed by atoms with Crippen molar-refractivity contribution in [1.29, 1.82) is 0 Å². The Bertz CT molecular complexity index is 2010. The van der Waals surface area contributed by atoms with Crippen LogP contribution in [0.4, 0.5) is 0 Å². The summed E-state index contributed by atoms with van der Waals surface area (Å²) in [4.78, 5) is 57.8. The number of hydrogen-bond acceptors (Lipinski definition) is 10. The number of carbonyl (C=O) groups excluding carboxylic acids is 3. The van der Waals surface area contributed by atoms with Crippen molar-refractivity contribution in [3.8, 4) is 34.3 Å². The standard InChI is InChI=1S/C35H35N5O8/c1-38-17-26(24-12-32(47-4)36-13-25(24)34(38)43)19-10-29(45-2)27(30(11-19)46-3)18-39-15-22(16-39)48-21-5-6-23-20(9-21)14-40(35(23)44)28-7-8-31(41)37-33(28)42/h5-6,9-13,17,22,28H,7-8,14-16,18H2,1-4H3,(H,37,41,42). The van der Waals surface area contributed by atoms with Crippen LogP contribution in [0.1, 0.15) is 34.3 Å². The number of hydrogen-bond donors (Lipinski definition) is 1. The largest absolute Gasteiger partial charge is 0.496 e. The first-order valence-corrected chi connectivity index (χ1v) is 15.6. The predicted molar refractivity (Wildman–Crippen MR) is 174 cm³/mol. The average molecular weight is 654 g/mol. The van der Waals surface area contributed by atoms with E-state index in [9.17, 15) is 19.2 Å². The molecule has 1 atom stereocenters. The molecule has 3 aliphatic rings. The highest BCUT2D eigenvalue weighted by molar-refractivity contribution is 6.05. The van der Waals surface area contributed by atoms with Gasteiger partial charge in [0.2, 0.25) is 17.7 Å². The molecule has 3 aliphatic heterocycles. The number of aromatic nitrogens is 2. The summed E-state index contributed by atoms with van der Waals surface area (Å²) in [6, 6.07) is 10.4. The van der Waals surface area contributed by atoms with E-state index in [4.69, 9.17) is 18.9 Å². The number of amides is 3. The van der Waals surface area contributed by atoms with Crippen molar-refractivity contribution >= 4 is 28.5 Å². The van der Waals surface area contributed by atoms with Gasteiger partial charge in [-0.3, -0.25) is 29.4 Å². The van der Waals surface area contributed by atoms with E-state index in [1.165, 1.54) is 22.8 Å². The molecule has 4 aromatic rings. The number of benzene rings is 2. The molecule has 0 bridgehead atoms. The molecule has 7 rings (SSSR count). The Hall–Kier alpha value is -5.43. The van der Waals surface area contributed by atoms with Gasteiger partial charge in [-0.15, -0.1) is 0 Å². The number of nitrogens with one attached hydrogen (secondary N) is 1. The molecule has 0 spiro atoms. The predicted octanol–water partition coefficient (Wildman–Crippen LogP) is 2.65. The maximum absolute atomic E-state index is 13.0. The monoisotopic (exact) mass is 653 g/mol. The summed E-state index contributed by atoms with van der Waals surface area (Å²) in [6.45, 7) is 2.21. The average Bonchev–Trinajstić information content (AvgIpc) is 3.39. The second kappa shape index (κ2) is 12.3. The lowest BCUT2D eigenvalue weighted by molar-refractivity contribution is -0.136. The Morgan fingerprint density at radius 3 is 2.35 bits per heavy atom. The van der Waals surface area contributed by atoms with Gasteiger partial charge in [-0.05, 0) is 47.9 Å². The van der Waals surface area contributed by atoms with Crippen LogP contribution in [-0.2, 0) is 29.7 Å². The zero-order chi connectivity index (χ0) is 33.7. The number of ether oxygens (including phenoxy) is 4. The molecule has 0 saturated carbocycles. The van der Waals surface area contributed by atoms with Crippen LogP contribution in [0, 0.1) is 0 Å². The molecule has 248 valence electrons. The summed E-state index contributed by atoms with van der Waals surface area (Å²) in [5.41, 5.74) is 3.71. The van der Waals surface area contributed by atoms with Gasteiger partial charge >= 0.3 is 0 Å². The second-order valence-corrected chi connectivity index (χ2v) is 12.2. The number of nitrogens with zero attached hydrogens (tertiary/aromatic N) is 4. The molecule has 1 unspecified atom stereocenters. The molecule has 3 amide bonds. The van der Waals surface area contributed by atoms with Gasteiger partial charge in [0.15, 0.2) is 0 Å². The number of likely N-dealkylation sites (tertiary alicyclic amines) is 1. The Labute approximate surface area is 276 Å². The fourth-order valence-electron chi connectivity index (χ4n) is 6.74. The normalized spacial score (nSPS) is 18.0. The minimum atomic E-state index is -0.656. The van der Waals surface area contributed by atoms with Crippen molar-refractivity contribution in [2.24, 2.45) is 7.05 Å². The van der Waals surface area contributed by atoms with E-state index in [1.54, 1.807) is 45.7 Å². The molecule has 2 aromatic heterocycles. The lowest BCUT2D eigenvalue weighted by Crippen LogP contribution is -2.53. The summed E-state index contributed by atoms with van der Waals surface area (Å²) < 4.78 is 24.8. The van der Waals surface area contributed by atoms with E-state index in [-0.39, 0.29) is 29.9 Å². The molecule has 0 aliphatic carbocycles. The van der Waals surface area contributed by atoms with Crippen molar-refractivity contribution in [2.45, 2.75) is 38.1 Å². The molecule has 48 heavy (non-hydrogen) atoms. The van der Waals surface area contributed by atoms with E-state index in [1.807, 2.05) is 18.2 Å². The van der Waals surface area contributed by atoms with Crippen molar-refractivity contribution in [2.75, 3.05) is 34.4 Å². The van der Waals surface area contributed by atoms with Gasteiger partial charge in [-0.25, -0.2) is 4.98 Å². The topological polar surface area (TPSA) is 142 Å². The molecular formula is C35H35N5O8. The smallest absolute Gasteiger partial charge is 0.259 e. The van der Waals surface area contributed by atoms with Crippen molar-refractivity contribution in [3.05, 3.63) is 75.8 Å². The number of carbonyl (C=O) groups is 3. The van der Waals surface area contributed by atoms with Gasteiger partial charge < -0.3 is 28.4 Å². The number of imide groups is 1. The van der Waals surface area contributed by atoms with Gasteiger partial charge in [0.1, 0.15) is 29.4 Å². The zero-order valence-electron chi connectivity index (χ0n) is 27.1. The summed E-state index contributed by atoms with van der Waals surface area (Å²) >= 11 is 0.